The van der Waals surface area contributed by atoms with Gasteiger partial charge in [0, 0.05) is 24.1 Å². The van der Waals surface area contributed by atoms with Crippen LogP contribution in [0, 0.1) is 17.6 Å². The number of aromatic nitrogens is 3. The molecule has 0 bridgehead atoms. The van der Waals surface area contributed by atoms with Gasteiger partial charge in [-0.1, -0.05) is 11.8 Å². The number of hydrogen-bond acceptors (Lipinski definition) is 7. The van der Waals surface area contributed by atoms with Gasteiger partial charge in [0.1, 0.15) is 5.52 Å². The molecule has 0 saturated heterocycles. The van der Waals surface area contributed by atoms with Crippen molar-refractivity contribution in [2.24, 2.45) is 16.6 Å². The van der Waals surface area contributed by atoms with E-state index in [0.717, 1.165) is 17.8 Å². The second kappa shape index (κ2) is 7.54. The zero-order chi connectivity index (χ0) is 23.5. The molecule has 172 valence electrons. The van der Waals surface area contributed by atoms with Crippen LogP contribution in [0.15, 0.2) is 35.6 Å². The van der Waals surface area contributed by atoms with Crippen molar-refractivity contribution < 1.29 is 22.3 Å². The van der Waals surface area contributed by atoms with E-state index in [4.69, 9.17) is 10.5 Å². The van der Waals surface area contributed by atoms with Crippen molar-refractivity contribution in [3.63, 3.8) is 0 Å². The Morgan fingerprint density at radius 1 is 1.27 bits per heavy atom. The number of hydrogen-bond donors (Lipinski definition) is 1. The standard InChI is InChI=1S/C22H19F4N5OS/c1-21(15-8-22(15,19(25)26)33-20(27)31-21)11-5-10(6-12(23)17(11)24)7-14-18-13(3-4-28-14)30-16(32-2)9-29-18/h3-6,9,15,19H,7-8H2,1-2H3,(H2,27,31)/t15-,21+,22-/m0/s1. The topological polar surface area (TPSA) is 86.3 Å². The van der Waals surface area contributed by atoms with E-state index < -0.39 is 34.3 Å². The molecule has 3 aromatic rings. The van der Waals surface area contributed by atoms with Crippen molar-refractivity contribution in [3.8, 4) is 5.88 Å². The maximum atomic E-state index is 15.0. The summed E-state index contributed by atoms with van der Waals surface area (Å²) in [4.78, 5) is 17.3. The molecule has 1 aromatic carbocycles. The highest BCUT2D eigenvalue weighted by atomic mass is 32.2. The molecule has 0 spiro atoms. The zero-order valence-electron chi connectivity index (χ0n) is 17.7. The fourth-order valence-electron chi connectivity index (χ4n) is 4.63. The fraction of sp³-hybridized carbons (Fsp3) is 0.364. The Morgan fingerprint density at radius 3 is 2.79 bits per heavy atom. The van der Waals surface area contributed by atoms with Crippen LogP contribution in [0.4, 0.5) is 17.6 Å². The minimum Gasteiger partial charge on any atom is -0.480 e. The quantitative estimate of drug-likeness (QED) is 0.555. The predicted molar refractivity (Wildman–Crippen MR) is 116 cm³/mol. The monoisotopic (exact) mass is 477 g/mol. The van der Waals surface area contributed by atoms with Gasteiger partial charge in [0.05, 0.1) is 34.8 Å². The molecule has 2 aliphatic rings. The first kappa shape index (κ1) is 21.9. The minimum absolute atomic E-state index is 0.0586. The molecule has 3 atom stereocenters. The number of thioether (sulfide) groups is 1. The van der Waals surface area contributed by atoms with Crippen molar-refractivity contribution in [2.45, 2.75) is 36.5 Å². The van der Waals surface area contributed by atoms with Gasteiger partial charge in [0.2, 0.25) is 5.88 Å². The molecule has 5 rings (SSSR count). The molecule has 2 N–H and O–H groups in total. The van der Waals surface area contributed by atoms with E-state index in [2.05, 4.69) is 19.9 Å². The molecule has 11 heteroatoms. The van der Waals surface area contributed by atoms with Gasteiger partial charge in [-0.25, -0.2) is 27.5 Å². The van der Waals surface area contributed by atoms with Gasteiger partial charge in [0.15, 0.2) is 16.8 Å². The zero-order valence-corrected chi connectivity index (χ0v) is 18.5. The maximum absolute atomic E-state index is 15.0. The number of methoxy groups -OCH3 is 1. The number of alkyl halides is 2. The summed E-state index contributed by atoms with van der Waals surface area (Å²) in [5, 5.41) is -0.0586. The molecule has 1 saturated carbocycles. The number of ether oxygens (including phenoxy) is 1. The molecule has 2 aromatic heterocycles. The number of pyridine rings is 1. The average molecular weight is 477 g/mol. The molecular weight excluding hydrogens is 458 g/mol. The average Bonchev–Trinajstić information content (AvgIpc) is 3.53. The summed E-state index contributed by atoms with van der Waals surface area (Å²) in [5.74, 6) is -2.54. The van der Waals surface area contributed by atoms with Crippen molar-refractivity contribution in [3.05, 3.63) is 59.0 Å². The van der Waals surface area contributed by atoms with Gasteiger partial charge in [-0.2, -0.15) is 0 Å². The summed E-state index contributed by atoms with van der Waals surface area (Å²) >= 11 is 0.815. The third-order valence-corrected chi connectivity index (χ3v) is 7.68. The fourth-order valence-corrected chi connectivity index (χ4v) is 5.96. The number of halogens is 4. The van der Waals surface area contributed by atoms with Crippen LogP contribution in [0.1, 0.15) is 30.2 Å². The lowest BCUT2D eigenvalue weighted by Crippen LogP contribution is -2.39. The second-order valence-electron chi connectivity index (χ2n) is 8.37. The molecule has 6 nitrogen and oxygen atoms in total. The summed E-state index contributed by atoms with van der Waals surface area (Å²) in [5.41, 5.74) is 6.28. The largest absolute Gasteiger partial charge is 0.480 e. The van der Waals surface area contributed by atoms with E-state index in [0.29, 0.717) is 28.2 Å². The van der Waals surface area contributed by atoms with E-state index in [1.165, 1.54) is 26.3 Å². The van der Waals surface area contributed by atoms with Crippen LogP contribution in [-0.4, -0.2) is 38.4 Å². The molecule has 0 unspecified atom stereocenters. The number of nitrogens with zero attached hydrogens (tertiary/aromatic N) is 4. The molecule has 1 aliphatic carbocycles. The number of rotatable bonds is 5. The molecule has 1 fully saturated rings. The highest BCUT2D eigenvalue weighted by Gasteiger charge is 2.71. The van der Waals surface area contributed by atoms with Crippen LogP contribution in [0.2, 0.25) is 0 Å². The van der Waals surface area contributed by atoms with Gasteiger partial charge in [-0.15, -0.1) is 0 Å². The van der Waals surface area contributed by atoms with Crippen molar-refractivity contribution in [1.82, 2.24) is 15.0 Å². The lowest BCUT2D eigenvalue weighted by atomic mass is 9.84. The minimum atomic E-state index is -2.66. The number of amidine groups is 1. The molecule has 1 aliphatic heterocycles. The lowest BCUT2D eigenvalue weighted by Gasteiger charge is -2.34. The Bertz CT molecular complexity index is 1310. The second-order valence-corrected chi connectivity index (χ2v) is 9.75. The van der Waals surface area contributed by atoms with E-state index in [1.807, 2.05) is 0 Å². The molecule has 0 radical (unpaired) electrons. The first-order valence-corrected chi connectivity index (χ1v) is 10.9. The summed E-state index contributed by atoms with van der Waals surface area (Å²) in [7, 11) is 1.48. The van der Waals surface area contributed by atoms with Gasteiger partial charge in [-0.05, 0) is 37.1 Å². The summed E-state index contributed by atoms with van der Waals surface area (Å²) in [6.45, 7) is 1.53. The van der Waals surface area contributed by atoms with E-state index in [9.17, 15) is 13.2 Å². The highest BCUT2D eigenvalue weighted by Crippen LogP contribution is 2.68. The summed E-state index contributed by atoms with van der Waals surface area (Å²) in [6.07, 6.45) is 0.561. The Labute approximate surface area is 190 Å². The van der Waals surface area contributed by atoms with Crippen LogP contribution >= 0.6 is 11.8 Å². The Hall–Kier alpha value is -2.95. The first-order chi connectivity index (χ1) is 15.7. The Kier molecular flexibility index (Phi) is 5.00. The Morgan fingerprint density at radius 2 is 2.06 bits per heavy atom. The van der Waals surface area contributed by atoms with Gasteiger partial charge < -0.3 is 10.5 Å². The number of benzene rings is 1. The number of nitrogens with two attached hydrogens (primary N) is 1. The van der Waals surface area contributed by atoms with E-state index in [1.54, 1.807) is 12.3 Å². The van der Waals surface area contributed by atoms with Crippen LogP contribution in [-0.2, 0) is 12.0 Å². The summed E-state index contributed by atoms with van der Waals surface area (Å²) in [6, 6.07) is 4.19. The SMILES string of the molecule is COc1cnc2c(Cc3cc(F)c(F)c([C@@]4(C)N=C(N)S[C@@]5(C(F)F)C[C@@H]45)c3)nccc2n1. The third kappa shape index (κ3) is 3.40. The normalized spacial score (nSPS) is 26.3. The van der Waals surface area contributed by atoms with Gasteiger partial charge in [0.25, 0.3) is 6.43 Å². The van der Waals surface area contributed by atoms with Crippen LogP contribution in [0.25, 0.3) is 11.0 Å². The maximum Gasteiger partial charge on any atom is 0.253 e. The predicted octanol–water partition coefficient (Wildman–Crippen LogP) is 4.20. The van der Waals surface area contributed by atoms with Crippen LogP contribution in [0.5, 0.6) is 5.88 Å². The van der Waals surface area contributed by atoms with Gasteiger partial charge in [-0.3, -0.25) is 9.98 Å². The van der Waals surface area contributed by atoms with E-state index in [-0.39, 0.29) is 23.6 Å². The molecule has 0 amide bonds. The third-order valence-electron chi connectivity index (χ3n) is 6.37. The number of aliphatic imine (C=N–C) groups is 1. The van der Waals surface area contributed by atoms with E-state index >= 15 is 4.39 Å². The molecule has 33 heavy (non-hydrogen) atoms. The molecular formula is C22H19F4N5OS. The lowest BCUT2D eigenvalue weighted by molar-refractivity contribution is 0.123. The Balaban J connectivity index is 1.57. The molecule has 3 heterocycles. The van der Waals surface area contributed by atoms with Crippen molar-refractivity contribution in [1.29, 1.82) is 0 Å². The summed E-state index contributed by atoms with van der Waals surface area (Å²) < 4.78 is 61.0. The van der Waals surface area contributed by atoms with Crippen LogP contribution < -0.4 is 10.5 Å². The van der Waals surface area contributed by atoms with Crippen molar-refractivity contribution >= 4 is 28.0 Å². The first-order valence-electron chi connectivity index (χ1n) is 10.1. The van der Waals surface area contributed by atoms with Crippen LogP contribution in [0.3, 0.4) is 0 Å². The smallest absolute Gasteiger partial charge is 0.253 e. The number of fused-ring (bicyclic) bond motifs is 2. The van der Waals surface area contributed by atoms with Crippen molar-refractivity contribution in [2.75, 3.05) is 7.11 Å². The van der Waals surface area contributed by atoms with Gasteiger partial charge >= 0.3 is 0 Å². The highest BCUT2D eigenvalue weighted by molar-refractivity contribution is 8.15.